The second-order valence-electron chi connectivity index (χ2n) is 2.56. The molecule has 1 aromatic heterocycles. The lowest BCUT2D eigenvalue weighted by atomic mass is 10.1. The summed E-state index contributed by atoms with van der Waals surface area (Å²) in [5.41, 5.74) is 1.63. The average Bonchev–Trinajstić information content (AvgIpc) is 2.62. The maximum absolute atomic E-state index is 9.92. The van der Waals surface area contributed by atoms with Gasteiger partial charge in [0, 0.05) is 5.39 Å². The molecule has 0 bridgehead atoms. The first kappa shape index (κ1) is 7.71. The fourth-order valence-electron chi connectivity index (χ4n) is 1.21. The Morgan fingerprint density at radius 2 is 2.46 bits per heavy atom. The van der Waals surface area contributed by atoms with Gasteiger partial charge in [0.1, 0.15) is 0 Å². The number of hydrogen-bond donors (Lipinski definition) is 0. The Bertz CT molecular complexity index is 469. The van der Waals surface area contributed by atoms with E-state index in [-0.39, 0.29) is 0 Å². The highest BCUT2D eigenvalue weighted by atomic mass is 16.5. The number of rotatable bonds is 2. The highest BCUT2D eigenvalue weighted by Crippen LogP contribution is 2.18. The Kier molecular flexibility index (Phi) is 1.90. The lowest BCUT2D eigenvalue weighted by molar-refractivity contribution is 0.456. The molecule has 4 nitrogen and oxygen atoms in total. The van der Waals surface area contributed by atoms with Crippen LogP contribution in [0.25, 0.3) is 11.0 Å². The van der Waals surface area contributed by atoms with Crippen molar-refractivity contribution in [3.8, 4) is 0 Å². The lowest BCUT2D eigenvalue weighted by Gasteiger charge is -1.94. The molecule has 13 heavy (non-hydrogen) atoms. The highest BCUT2D eigenvalue weighted by molar-refractivity contribution is 5.79. The molecule has 0 spiro atoms. The first-order valence-electron chi connectivity index (χ1n) is 3.78. The van der Waals surface area contributed by atoms with Gasteiger partial charge in [-0.3, -0.25) is 0 Å². The van der Waals surface area contributed by atoms with Gasteiger partial charge in [0.2, 0.25) is 6.08 Å². The van der Waals surface area contributed by atoms with E-state index in [4.69, 9.17) is 4.52 Å². The average molecular weight is 174 g/mol. The van der Waals surface area contributed by atoms with Crippen LogP contribution in [0.3, 0.4) is 0 Å². The third kappa shape index (κ3) is 1.35. The van der Waals surface area contributed by atoms with E-state index in [2.05, 4.69) is 10.1 Å². The summed E-state index contributed by atoms with van der Waals surface area (Å²) >= 11 is 0. The van der Waals surface area contributed by atoms with E-state index < -0.39 is 0 Å². The molecule has 0 aliphatic rings. The van der Waals surface area contributed by atoms with E-state index in [0.717, 1.165) is 10.9 Å². The van der Waals surface area contributed by atoms with E-state index in [1.807, 2.05) is 18.2 Å². The highest BCUT2D eigenvalue weighted by Gasteiger charge is 2.02. The Balaban J connectivity index is 2.54. The molecule has 0 radical (unpaired) electrons. The molecule has 64 valence electrons. The van der Waals surface area contributed by atoms with Gasteiger partial charge in [-0.25, -0.2) is 9.79 Å². The van der Waals surface area contributed by atoms with Gasteiger partial charge in [0.05, 0.1) is 12.7 Å². The van der Waals surface area contributed by atoms with Gasteiger partial charge in [-0.2, -0.15) is 0 Å². The van der Waals surface area contributed by atoms with Crippen LogP contribution in [0.1, 0.15) is 5.56 Å². The van der Waals surface area contributed by atoms with Crippen molar-refractivity contribution in [3.05, 3.63) is 30.0 Å². The number of nitrogens with zero attached hydrogens (tertiary/aromatic N) is 2. The molecule has 0 fully saturated rings. The van der Waals surface area contributed by atoms with Crippen molar-refractivity contribution in [1.82, 2.24) is 5.16 Å². The van der Waals surface area contributed by atoms with Crippen molar-refractivity contribution in [2.45, 2.75) is 6.54 Å². The lowest BCUT2D eigenvalue weighted by Crippen LogP contribution is -1.80. The van der Waals surface area contributed by atoms with Crippen LogP contribution >= 0.6 is 0 Å². The predicted molar refractivity (Wildman–Crippen MR) is 45.8 cm³/mol. The van der Waals surface area contributed by atoms with Gasteiger partial charge in [-0.1, -0.05) is 17.3 Å². The molecule has 2 rings (SSSR count). The standard InChI is InChI=1S/C9H6N2O2/c12-6-10-4-7-2-1-3-9-8(7)5-11-13-9/h1-3,5H,4H2. The Hall–Kier alpha value is -1.93. The van der Waals surface area contributed by atoms with Crippen LogP contribution in [-0.4, -0.2) is 11.2 Å². The van der Waals surface area contributed by atoms with E-state index in [9.17, 15) is 4.79 Å². The molecule has 4 heteroatoms. The number of benzene rings is 1. The molecule has 0 N–H and O–H groups in total. The second kappa shape index (κ2) is 3.21. The normalized spacial score (nSPS) is 9.85. The second-order valence-corrected chi connectivity index (χ2v) is 2.56. The molecular formula is C9H6N2O2. The first-order valence-corrected chi connectivity index (χ1v) is 3.78. The van der Waals surface area contributed by atoms with Crippen LogP contribution in [0.4, 0.5) is 0 Å². The summed E-state index contributed by atoms with van der Waals surface area (Å²) < 4.78 is 4.95. The summed E-state index contributed by atoms with van der Waals surface area (Å²) in [6.45, 7) is 0.321. The molecule has 0 saturated carbocycles. The number of fused-ring (bicyclic) bond motifs is 1. The third-order valence-electron chi connectivity index (χ3n) is 1.80. The number of aromatic nitrogens is 1. The molecule has 1 heterocycles. The van der Waals surface area contributed by atoms with Crippen LogP contribution in [-0.2, 0) is 11.3 Å². The van der Waals surface area contributed by atoms with Crippen molar-refractivity contribution in [3.63, 3.8) is 0 Å². The molecule has 0 unspecified atom stereocenters. The summed E-state index contributed by atoms with van der Waals surface area (Å²) in [7, 11) is 0. The zero-order valence-corrected chi connectivity index (χ0v) is 6.73. The smallest absolute Gasteiger partial charge is 0.235 e. The van der Waals surface area contributed by atoms with Gasteiger partial charge < -0.3 is 4.52 Å². The Morgan fingerprint density at radius 3 is 3.31 bits per heavy atom. The summed E-state index contributed by atoms with van der Waals surface area (Å²) in [5.74, 6) is 0. The first-order chi connectivity index (χ1) is 6.42. The number of isocyanates is 1. The van der Waals surface area contributed by atoms with Crippen LogP contribution in [0, 0.1) is 0 Å². The minimum absolute atomic E-state index is 0.321. The predicted octanol–water partition coefficient (Wildman–Crippen LogP) is 1.66. The molecule has 0 aliphatic heterocycles. The third-order valence-corrected chi connectivity index (χ3v) is 1.80. The van der Waals surface area contributed by atoms with Crippen molar-refractivity contribution < 1.29 is 9.32 Å². The maximum atomic E-state index is 9.92. The largest absolute Gasteiger partial charge is 0.356 e. The molecule has 0 atom stereocenters. The summed E-state index contributed by atoms with van der Waals surface area (Å²) in [6.07, 6.45) is 3.11. The Labute approximate surface area is 73.9 Å². The van der Waals surface area contributed by atoms with E-state index in [1.54, 1.807) is 6.20 Å². The zero-order valence-electron chi connectivity index (χ0n) is 6.73. The van der Waals surface area contributed by atoms with Crippen molar-refractivity contribution >= 4 is 17.0 Å². The van der Waals surface area contributed by atoms with E-state index in [1.165, 1.54) is 6.08 Å². The minimum Gasteiger partial charge on any atom is -0.356 e. The molecule has 0 aliphatic carbocycles. The van der Waals surface area contributed by atoms with E-state index in [0.29, 0.717) is 12.1 Å². The minimum atomic E-state index is 0.321. The number of carbonyl (C=O) groups excluding carboxylic acids is 1. The van der Waals surface area contributed by atoms with E-state index >= 15 is 0 Å². The van der Waals surface area contributed by atoms with Crippen LogP contribution < -0.4 is 0 Å². The van der Waals surface area contributed by atoms with Crippen LogP contribution in [0.2, 0.25) is 0 Å². The van der Waals surface area contributed by atoms with Gasteiger partial charge in [-0.15, -0.1) is 0 Å². The zero-order chi connectivity index (χ0) is 9.10. The fraction of sp³-hybridized carbons (Fsp3) is 0.111. The molecular weight excluding hydrogens is 168 g/mol. The fourth-order valence-corrected chi connectivity index (χ4v) is 1.21. The molecule has 2 aromatic rings. The van der Waals surface area contributed by atoms with Gasteiger partial charge >= 0.3 is 0 Å². The number of hydrogen-bond acceptors (Lipinski definition) is 4. The Morgan fingerprint density at radius 1 is 1.54 bits per heavy atom. The number of aliphatic imine (C=N–C) groups is 1. The topological polar surface area (TPSA) is 55.5 Å². The van der Waals surface area contributed by atoms with Gasteiger partial charge in [0.15, 0.2) is 5.58 Å². The van der Waals surface area contributed by atoms with Gasteiger partial charge in [0.25, 0.3) is 0 Å². The van der Waals surface area contributed by atoms with Crippen LogP contribution in [0.15, 0.2) is 33.9 Å². The molecule has 0 amide bonds. The SMILES string of the molecule is O=C=NCc1cccc2oncc12. The van der Waals surface area contributed by atoms with Crippen molar-refractivity contribution in [2.24, 2.45) is 4.99 Å². The maximum Gasteiger partial charge on any atom is 0.235 e. The monoisotopic (exact) mass is 174 g/mol. The summed E-state index contributed by atoms with van der Waals surface area (Å²) in [4.78, 5) is 13.4. The quantitative estimate of drug-likeness (QED) is 0.514. The van der Waals surface area contributed by atoms with Crippen LogP contribution in [0.5, 0.6) is 0 Å². The van der Waals surface area contributed by atoms with Crippen molar-refractivity contribution in [2.75, 3.05) is 0 Å². The molecule has 1 aromatic carbocycles. The molecule has 0 saturated heterocycles. The summed E-state index contributed by atoms with van der Waals surface area (Å²) in [5, 5.41) is 4.55. The summed E-state index contributed by atoms with van der Waals surface area (Å²) in [6, 6.07) is 5.53. The van der Waals surface area contributed by atoms with Gasteiger partial charge in [-0.05, 0) is 11.6 Å². The van der Waals surface area contributed by atoms with Crippen molar-refractivity contribution in [1.29, 1.82) is 0 Å².